The van der Waals surface area contributed by atoms with Crippen LogP contribution in [0.15, 0.2) is 0 Å². The fourth-order valence-electron chi connectivity index (χ4n) is 4.57. The minimum Gasteiger partial charge on any atom is -0.396 e. The Morgan fingerprint density at radius 2 is 0.581 bits per heavy atom. The van der Waals surface area contributed by atoms with E-state index < -0.39 is 43.9 Å². The maximum atomic E-state index is 7.36. The molecule has 0 aromatic carbocycles. The van der Waals surface area contributed by atoms with Crippen molar-refractivity contribution >= 4 is 34.2 Å². The Kier molecular flexibility index (Phi) is 12.0. The van der Waals surface area contributed by atoms with Gasteiger partial charge in [0.1, 0.15) is 0 Å². The SMILES string of the molecule is CCC(OC(CC)([Si](C)(OC)OC)[Si](C)(OC)OC)([Si](C)(OC)OC)[Si](C)(OC)OC. The number of hydrogen-bond acceptors (Lipinski definition) is 9. The van der Waals surface area contributed by atoms with E-state index in [9.17, 15) is 0 Å². The van der Waals surface area contributed by atoms with Crippen molar-refractivity contribution in [1.82, 2.24) is 0 Å². The van der Waals surface area contributed by atoms with E-state index in [4.69, 9.17) is 40.1 Å². The van der Waals surface area contributed by atoms with Crippen LogP contribution in [0.4, 0.5) is 0 Å². The zero-order valence-electron chi connectivity index (χ0n) is 22.1. The molecule has 0 aromatic heterocycles. The lowest BCUT2D eigenvalue weighted by Gasteiger charge is -2.58. The highest BCUT2D eigenvalue weighted by Gasteiger charge is 2.77. The third-order valence-electron chi connectivity index (χ3n) is 7.39. The van der Waals surface area contributed by atoms with Crippen LogP contribution >= 0.6 is 0 Å². The lowest BCUT2D eigenvalue weighted by Crippen LogP contribution is -2.84. The van der Waals surface area contributed by atoms with E-state index in [1.807, 2.05) is 40.0 Å². The second-order valence-corrected chi connectivity index (χ2v) is 22.9. The summed E-state index contributed by atoms with van der Waals surface area (Å²) in [6.45, 7) is 11.9. The topological polar surface area (TPSA) is 83.1 Å². The van der Waals surface area contributed by atoms with Crippen LogP contribution in [0.1, 0.15) is 26.7 Å². The molecule has 0 N–H and O–H groups in total. The molecular formula is C18H46O9Si4. The standard InChI is InChI=1S/C18H46O9Si4/c1-15-17(28(11,19-3)20-4,29(12,21-5)22-6)27-18(16-2,30(13,23-7)24-8)31(14,25-9)26-10/h15-16H2,1-14H3. The molecule has 188 valence electrons. The number of ether oxygens (including phenoxy) is 1. The Bertz CT molecular complexity index is 454. The summed E-state index contributed by atoms with van der Waals surface area (Å²) in [4.78, 5) is -2.03. The van der Waals surface area contributed by atoms with Crippen molar-refractivity contribution in [2.75, 3.05) is 56.9 Å². The molecule has 0 radical (unpaired) electrons. The van der Waals surface area contributed by atoms with E-state index in [2.05, 4.69) is 0 Å². The van der Waals surface area contributed by atoms with E-state index in [1.54, 1.807) is 56.9 Å². The quantitative estimate of drug-likeness (QED) is 0.286. The van der Waals surface area contributed by atoms with Gasteiger partial charge >= 0.3 is 34.2 Å². The van der Waals surface area contributed by atoms with E-state index in [0.29, 0.717) is 12.8 Å². The van der Waals surface area contributed by atoms with Gasteiger partial charge in [-0.25, -0.2) is 0 Å². The summed E-state index contributed by atoms with van der Waals surface area (Å²) in [5.74, 6) is 0. The van der Waals surface area contributed by atoms with Crippen molar-refractivity contribution in [3.05, 3.63) is 0 Å². The van der Waals surface area contributed by atoms with Crippen molar-refractivity contribution in [3.8, 4) is 0 Å². The van der Waals surface area contributed by atoms with Crippen LogP contribution in [-0.2, 0) is 40.1 Å². The predicted octanol–water partition coefficient (Wildman–Crippen LogP) is 2.92. The van der Waals surface area contributed by atoms with E-state index in [-0.39, 0.29) is 0 Å². The molecule has 0 aliphatic carbocycles. The normalized spacial score (nSPS) is 14.9. The Balaban J connectivity index is 7.54. The lowest BCUT2D eigenvalue weighted by molar-refractivity contribution is -0.0858. The molecule has 0 aliphatic heterocycles. The summed E-state index contributed by atoms with van der Waals surface area (Å²) >= 11 is 0. The molecule has 31 heavy (non-hydrogen) atoms. The van der Waals surface area contributed by atoms with Crippen LogP contribution in [0.2, 0.25) is 26.2 Å². The molecule has 0 rings (SSSR count). The monoisotopic (exact) mass is 518 g/mol. The first-order valence-corrected chi connectivity index (χ1v) is 19.7. The molecule has 0 fully saturated rings. The van der Waals surface area contributed by atoms with Gasteiger partial charge in [0.05, 0.1) is 0 Å². The fraction of sp³-hybridized carbons (Fsp3) is 1.00. The summed E-state index contributed by atoms with van der Waals surface area (Å²) in [6, 6.07) is 0. The second-order valence-electron chi connectivity index (χ2n) is 7.88. The second kappa shape index (κ2) is 11.8. The van der Waals surface area contributed by atoms with E-state index in [1.165, 1.54) is 0 Å². The first kappa shape index (κ1) is 31.5. The van der Waals surface area contributed by atoms with Crippen LogP contribution < -0.4 is 0 Å². The zero-order chi connectivity index (χ0) is 24.8. The van der Waals surface area contributed by atoms with Crippen molar-refractivity contribution in [2.24, 2.45) is 0 Å². The molecule has 0 spiro atoms. The molecule has 0 saturated carbocycles. The third-order valence-corrected chi connectivity index (χ3v) is 26.8. The molecular weight excluding hydrogens is 473 g/mol. The molecule has 0 bridgehead atoms. The first-order valence-electron chi connectivity index (χ1n) is 10.4. The van der Waals surface area contributed by atoms with Crippen LogP contribution in [-0.4, -0.2) is 101 Å². The maximum Gasteiger partial charge on any atom is 0.369 e. The molecule has 0 aliphatic rings. The van der Waals surface area contributed by atoms with Gasteiger partial charge < -0.3 is 40.1 Å². The van der Waals surface area contributed by atoms with E-state index in [0.717, 1.165) is 0 Å². The predicted molar refractivity (Wildman–Crippen MR) is 130 cm³/mol. The van der Waals surface area contributed by atoms with E-state index >= 15 is 0 Å². The Labute approximate surface area is 193 Å². The van der Waals surface area contributed by atoms with Gasteiger partial charge in [0.2, 0.25) is 0 Å². The highest BCUT2D eigenvalue weighted by Crippen LogP contribution is 2.48. The molecule has 9 nitrogen and oxygen atoms in total. The van der Waals surface area contributed by atoms with Crippen molar-refractivity contribution in [2.45, 2.75) is 62.6 Å². The lowest BCUT2D eigenvalue weighted by atomic mass is 10.4. The molecule has 0 unspecified atom stereocenters. The summed E-state index contributed by atoms with van der Waals surface area (Å²) in [6.07, 6.45) is 1.05. The molecule has 0 saturated heterocycles. The van der Waals surface area contributed by atoms with Gasteiger partial charge in [-0.1, -0.05) is 13.8 Å². The van der Waals surface area contributed by atoms with Crippen LogP contribution in [0.25, 0.3) is 0 Å². The number of rotatable bonds is 16. The van der Waals surface area contributed by atoms with Gasteiger partial charge in [0, 0.05) is 56.9 Å². The van der Waals surface area contributed by atoms with Gasteiger partial charge in [0.15, 0.2) is 9.70 Å². The van der Waals surface area contributed by atoms with Gasteiger partial charge in [-0.3, -0.25) is 0 Å². The maximum absolute atomic E-state index is 7.36. The van der Waals surface area contributed by atoms with Gasteiger partial charge in [-0.15, -0.1) is 0 Å². The summed E-state index contributed by atoms with van der Waals surface area (Å²) < 4.78 is 56.0. The minimum absolute atomic E-state index is 0.527. The summed E-state index contributed by atoms with van der Waals surface area (Å²) in [5, 5.41) is 0. The van der Waals surface area contributed by atoms with Crippen molar-refractivity contribution < 1.29 is 40.1 Å². The summed E-state index contributed by atoms with van der Waals surface area (Å²) in [7, 11) is 0.832. The first-order chi connectivity index (χ1) is 14.3. The minimum atomic E-state index is -3.08. The third kappa shape index (κ3) is 4.72. The van der Waals surface area contributed by atoms with Crippen LogP contribution in [0, 0.1) is 0 Å². The molecule has 0 atom stereocenters. The smallest absolute Gasteiger partial charge is 0.369 e. The summed E-state index contributed by atoms with van der Waals surface area (Å²) in [5.41, 5.74) is 0. The average molecular weight is 519 g/mol. The largest absolute Gasteiger partial charge is 0.396 e. The van der Waals surface area contributed by atoms with Crippen LogP contribution in [0.3, 0.4) is 0 Å². The van der Waals surface area contributed by atoms with Gasteiger partial charge in [-0.05, 0) is 39.0 Å². The molecule has 0 amide bonds. The number of hydrogen-bond donors (Lipinski definition) is 0. The Morgan fingerprint density at radius 3 is 0.677 bits per heavy atom. The Morgan fingerprint density at radius 1 is 0.419 bits per heavy atom. The molecule has 13 heteroatoms. The van der Waals surface area contributed by atoms with Crippen LogP contribution in [0.5, 0.6) is 0 Å². The van der Waals surface area contributed by atoms with Crippen molar-refractivity contribution in [1.29, 1.82) is 0 Å². The van der Waals surface area contributed by atoms with Crippen molar-refractivity contribution in [3.63, 3.8) is 0 Å². The zero-order valence-corrected chi connectivity index (χ0v) is 26.1. The average Bonchev–Trinajstić information content (AvgIpc) is 2.82. The fourth-order valence-corrected chi connectivity index (χ4v) is 21.3. The highest BCUT2D eigenvalue weighted by molar-refractivity contribution is 6.92. The van der Waals surface area contributed by atoms with Gasteiger partial charge in [-0.2, -0.15) is 0 Å². The molecule has 0 heterocycles. The highest BCUT2D eigenvalue weighted by atomic mass is 28.4. The van der Waals surface area contributed by atoms with Gasteiger partial charge in [0.25, 0.3) is 0 Å². The molecule has 0 aromatic rings. The Hall–Kier alpha value is 0.508.